The number of anilines is 1. The first kappa shape index (κ1) is 12.0. The zero-order chi connectivity index (χ0) is 10.6. The number of aliphatic hydroxyl groups is 1. The molecule has 2 nitrogen and oxygen atoms in total. The highest BCUT2D eigenvalue weighted by atomic mass is 79.9. The predicted molar refractivity (Wildman–Crippen MR) is 66.6 cm³/mol. The second-order valence-electron chi connectivity index (χ2n) is 3.16. The van der Waals surface area contributed by atoms with Crippen molar-refractivity contribution in [2.75, 3.05) is 11.9 Å². The maximum Gasteiger partial charge on any atom is 0.0629 e. The smallest absolute Gasteiger partial charge is 0.0629 e. The van der Waals surface area contributed by atoms with E-state index in [1.54, 1.807) is 6.92 Å². The fourth-order valence-electron chi connectivity index (χ4n) is 1.07. The number of hydrogen-bond acceptors (Lipinski definition) is 2. The van der Waals surface area contributed by atoms with E-state index in [1.165, 1.54) is 0 Å². The molecule has 4 heteroatoms. The fourth-order valence-corrected chi connectivity index (χ4v) is 2.35. The minimum Gasteiger partial charge on any atom is -0.393 e. The van der Waals surface area contributed by atoms with E-state index >= 15 is 0 Å². The van der Waals surface area contributed by atoms with Gasteiger partial charge in [-0.05, 0) is 57.3 Å². The number of benzene rings is 1. The van der Waals surface area contributed by atoms with Crippen molar-refractivity contribution in [3.63, 3.8) is 0 Å². The van der Waals surface area contributed by atoms with E-state index < -0.39 is 0 Å². The molecule has 0 radical (unpaired) electrons. The summed E-state index contributed by atoms with van der Waals surface area (Å²) in [5.74, 6) is 0. The van der Waals surface area contributed by atoms with Crippen LogP contribution in [-0.4, -0.2) is 17.8 Å². The van der Waals surface area contributed by atoms with Gasteiger partial charge in [-0.2, -0.15) is 0 Å². The number of halogens is 2. The molecule has 78 valence electrons. The van der Waals surface area contributed by atoms with E-state index in [2.05, 4.69) is 37.2 Å². The van der Waals surface area contributed by atoms with Crippen LogP contribution in [0.2, 0.25) is 0 Å². The lowest BCUT2D eigenvalue weighted by Crippen LogP contribution is -2.10. The molecule has 1 aromatic rings. The quantitative estimate of drug-likeness (QED) is 0.890. The minimum absolute atomic E-state index is 0.260. The summed E-state index contributed by atoms with van der Waals surface area (Å²) in [6.07, 6.45) is 0.483. The molecule has 1 aromatic carbocycles. The van der Waals surface area contributed by atoms with Gasteiger partial charge in [-0.25, -0.2) is 0 Å². The number of nitrogens with one attached hydrogen (secondary N) is 1. The SMILES string of the molecule is CC(O)CCNc1c(Br)cccc1Br. The standard InChI is InChI=1S/C10H13Br2NO/c1-7(14)5-6-13-10-8(11)3-2-4-9(10)12/h2-4,7,13-14H,5-6H2,1H3. The molecule has 1 atom stereocenters. The van der Waals surface area contributed by atoms with Crippen LogP contribution in [0.1, 0.15) is 13.3 Å². The lowest BCUT2D eigenvalue weighted by atomic mass is 10.2. The van der Waals surface area contributed by atoms with Gasteiger partial charge in [0.15, 0.2) is 0 Å². The Balaban J connectivity index is 2.58. The highest BCUT2D eigenvalue weighted by Gasteiger charge is 2.03. The van der Waals surface area contributed by atoms with Gasteiger partial charge < -0.3 is 10.4 Å². The maximum absolute atomic E-state index is 9.11. The third kappa shape index (κ3) is 3.59. The third-order valence-electron chi connectivity index (χ3n) is 1.83. The lowest BCUT2D eigenvalue weighted by molar-refractivity contribution is 0.188. The molecule has 0 fully saturated rings. The summed E-state index contributed by atoms with van der Waals surface area (Å²) in [5, 5.41) is 12.4. The van der Waals surface area contributed by atoms with Gasteiger partial charge in [0.2, 0.25) is 0 Å². The van der Waals surface area contributed by atoms with E-state index in [9.17, 15) is 0 Å². The van der Waals surface area contributed by atoms with Crippen LogP contribution in [0.25, 0.3) is 0 Å². The summed E-state index contributed by atoms with van der Waals surface area (Å²) in [6, 6.07) is 5.93. The van der Waals surface area contributed by atoms with Crippen LogP contribution >= 0.6 is 31.9 Å². The van der Waals surface area contributed by atoms with Gasteiger partial charge >= 0.3 is 0 Å². The average molecular weight is 323 g/mol. The summed E-state index contributed by atoms with van der Waals surface area (Å²) >= 11 is 6.92. The summed E-state index contributed by atoms with van der Waals surface area (Å²) in [5.41, 5.74) is 1.04. The van der Waals surface area contributed by atoms with Crippen molar-refractivity contribution in [1.29, 1.82) is 0 Å². The normalized spacial score (nSPS) is 12.6. The highest BCUT2D eigenvalue weighted by molar-refractivity contribution is 9.11. The van der Waals surface area contributed by atoms with Crippen molar-refractivity contribution in [3.8, 4) is 0 Å². The molecule has 1 unspecified atom stereocenters. The van der Waals surface area contributed by atoms with Crippen LogP contribution in [0.3, 0.4) is 0 Å². The molecule has 0 amide bonds. The van der Waals surface area contributed by atoms with E-state index in [0.29, 0.717) is 0 Å². The van der Waals surface area contributed by atoms with Crippen molar-refractivity contribution in [2.24, 2.45) is 0 Å². The Morgan fingerprint density at radius 2 is 1.93 bits per heavy atom. The average Bonchev–Trinajstić information content (AvgIpc) is 2.09. The van der Waals surface area contributed by atoms with Crippen LogP contribution in [-0.2, 0) is 0 Å². The molecule has 2 N–H and O–H groups in total. The van der Waals surface area contributed by atoms with Gasteiger partial charge in [-0.3, -0.25) is 0 Å². The Bertz CT molecular complexity index is 282. The molecule has 0 spiro atoms. The molecule has 0 aliphatic rings. The third-order valence-corrected chi connectivity index (χ3v) is 3.15. The summed E-state index contributed by atoms with van der Waals surface area (Å²) in [4.78, 5) is 0. The van der Waals surface area contributed by atoms with Crippen molar-refractivity contribution in [3.05, 3.63) is 27.1 Å². The molecule has 0 aromatic heterocycles. The van der Waals surface area contributed by atoms with Crippen LogP contribution in [0.5, 0.6) is 0 Å². The Morgan fingerprint density at radius 3 is 2.43 bits per heavy atom. The van der Waals surface area contributed by atoms with E-state index in [4.69, 9.17) is 5.11 Å². The number of hydrogen-bond donors (Lipinski definition) is 2. The Hall–Kier alpha value is -0.0600. The lowest BCUT2D eigenvalue weighted by Gasteiger charge is -2.11. The van der Waals surface area contributed by atoms with Crippen molar-refractivity contribution >= 4 is 37.5 Å². The Kier molecular flexibility index (Phi) is 4.92. The summed E-state index contributed by atoms with van der Waals surface area (Å²) in [6.45, 7) is 2.55. The second kappa shape index (κ2) is 5.73. The van der Waals surface area contributed by atoms with Gasteiger partial charge in [-0.15, -0.1) is 0 Å². The first-order valence-electron chi connectivity index (χ1n) is 4.47. The number of rotatable bonds is 4. The monoisotopic (exact) mass is 321 g/mol. The predicted octanol–water partition coefficient (Wildman–Crippen LogP) is 3.39. The van der Waals surface area contributed by atoms with Crippen molar-refractivity contribution in [2.45, 2.75) is 19.4 Å². The summed E-state index contributed by atoms with van der Waals surface area (Å²) in [7, 11) is 0. The van der Waals surface area contributed by atoms with Crippen molar-refractivity contribution < 1.29 is 5.11 Å². The van der Waals surface area contributed by atoms with Crippen LogP contribution in [0.15, 0.2) is 27.1 Å². The molecular formula is C10H13Br2NO. The Morgan fingerprint density at radius 1 is 1.36 bits per heavy atom. The minimum atomic E-state index is -0.260. The van der Waals surface area contributed by atoms with Crippen LogP contribution < -0.4 is 5.32 Å². The fraction of sp³-hybridized carbons (Fsp3) is 0.400. The van der Waals surface area contributed by atoms with Gasteiger partial charge in [0.05, 0.1) is 11.8 Å². The largest absolute Gasteiger partial charge is 0.393 e. The van der Waals surface area contributed by atoms with E-state index in [1.807, 2.05) is 18.2 Å². The van der Waals surface area contributed by atoms with E-state index in [-0.39, 0.29) is 6.10 Å². The molecule has 0 aliphatic carbocycles. The molecule has 0 saturated carbocycles. The molecule has 0 bridgehead atoms. The molecule has 1 rings (SSSR count). The van der Waals surface area contributed by atoms with Crippen molar-refractivity contribution in [1.82, 2.24) is 0 Å². The first-order chi connectivity index (χ1) is 6.61. The van der Waals surface area contributed by atoms with Gasteiger partial charge in [0.1, 0.15) is 0 Å². The van der Waals surface area contributed by atoms with E-state index in [0.717, 1.165) is 27.6 Å². The van der Waals surface area contributed by atoms with Gasteiger partial charge in [-0.1, -0.05) is 6.07 Å². The first-order valence-corrected chi connectivity index (χ1v) is 6.06. The van der Waals surface area contributed by atoms with Crippen LogP contribution in [0, 0.1) is 0 Å². The molecular weight excluding hydrogens is 310 g/mol. The number of para-hydroxylation sites is 1. The zero-order valence-electron chi connectivity index (χ0n) is 7.93. The molecule has 14 heavy (non-hydrogen) atoms. The highest BCUT2D eigenvalue weighted by Crippen LogP contribution is 2.30. The van der Waals surface area contributed by atoms with Crippen LogP contribution in [0.4, 0.5) is 5.69 Å². The maximum atomic E-state index is 9.11. The topological polar surface area (TPSA) is 32.3 Å². The molecule has 0 heterocycles. The second-order valence-corrected chi connectivity index (χ2v) is 4.87. The Labute approximate surface area is 101 Å². The number of aliphatic hydroxyl groups excluding tert-OH is 1. The zero-order valence-corrected chi connectivity index (χ0v) is 11.1. The molecule has 0 saturated heterocycles. The molecule has 0 aliphatic heterocycles. The summed E-state index contributed by atoms with van der Waals surface area (Å²) < 4.78 is 2.05. The van der Waals surface area contributed by atoms with Gasteiger partial charge in [0, 0.05) is 15.5 Å². The van der Waals surface area contributed by atoms with Gasteiger partial charge in [0.25, 0.3) is 0 Å².